The van der Waals surface area contributed by atoms with Gasteiger partial charge in [-0.2, -0.15) is 0 Å². The number of nitrogens with zero attached hydrogens (tertiary/aromatic N) is 2. The summed E-state index contributed by atoms with van der Waals surface area (Å²) in [5, 5.41) is 12.1. The van der Waals surface area contributed by atoms with Gasteiger partial charge in [-0.1, -0.05) is 42.5 Å². The standard InChI is InChI=1S/C22H19N3O4S/c26-17(12-15-4-2-1-3-5-15)24-18-20(27)25-19(22(28)29)16(13-30-21(18)25)7-6-14-8-10-23-11-9-14/h1-11,18,21H,12-13H2,(H,24,26)(H,28,29)/t18?,21-/m0/s1. The Balaban J connectivity index is 1.48. The molecule has 30 heavy (non-hydrogen) atoms. The highest BCUT2D eigenvalue weighted by Crippen LogP contribution is 2.40. The number of β-lactam (4-membered cyclic amide) rings is 1. The molecule has 4 rings (SSSR count). The normalized spacial score (nSPS) is 20.7. The van der Waals surface area contributed by atoms with Crippen molar-refractivity contribution in [3.8, 4) is 0 Å². The molecule has 0 spiro atoms. The molecule has 7 nitrogen and oxygen atoms in total. The van der Waals surface area contributed by atoms with E-state index < -0.39 is 23.3 Å². The second-order valence-corrected chi connectivity index (χ2v) is 8.02. The molecule has 0 radical (unpaired) electrons. The first-order valence-corrected chi connectivity index (χ1v) is 10.4. The van der Waals surface area contributed by atoms with E-state index in [1.807, 2.05) is 42.5 Å². The fraction of sp³-hybridized carbons (Fsp3) is 0.182. The summed E-state index contributed by atoms with van der Waals surface area (Å²) in [6.07, 6.45) is 6.99. The lowest BCUT2D eigenvalue weighted by Gasteiger charge is -2.49. The van der Waals surface area contributed by atoms with E-state index in [-0.39, 0.29) is 18.0 Å². The van der Waals surface area contributed by atoms with E-state index in [0.29, 0.717) is 11.3 Å². The van der Waals surface area contributed by atoms with Crippen molar-refractivity contribution in [2.45, 2.75) is 17.8 Å². The Morgan fingerprint density at radius 3 is 2.60 bits per heavy atom. The van der Waals surface area contributed by atoms with Crippen LogP contribution in [0, 0.1) is 0 Å². The Kier molecular flexibility index (Phi) is 5.67. The maximum absolute atomic E-state index is 12.7. The van der Waals surface area contributed by atoms with Gasteiger partial charge in [0.05, 0.1) is 6.42 Å². The van der Waals surface area contributed by atoms with Crippen LogP contribution in [0.2, 0.25) is 0 Å². The lowest BCUT2D eigenvalue weighted by atomic mass is 10.0. The number of pyridine rings is 1. The van der Waals surface area contributed by atoms with Gasteiger partial charge in [0.25, 0.3) is 5.91 Å². The first-order valence-electron chi connectivity index (χ1n) is 9.37. The molecule has 1 fully saturated rings. The Labute approximate surface area is 177 Å². The number of carboxylic acids is 1. The van der Waals surface area contributed by atoms with E-state index >= 15 is 0 Å². The molecule has 1 aromatic carbocycles. The summed E-state index contributed by atoms with van der Waals surface area (Å²) < 4.78 is 0. The summed E-state index contributed by atoms with van der Waals surface area (Å²) in [6, 6.07) is 12.2. The van der Waals surface area contributed by atoms with Gasteiger partial charge in [0.2, 0.25) is 5.91 Å². The lowest BCUT2D eigenvalue weighted by molar-refractivity contribution is -0.150. The Hall–Kier alpha value is -3.39. The fourth-order valence-corrected chi connectivity index (χ4v) is 4.77. The number of rotatable bonds is 6. The largest absolute Gasteiger partial charge is 0.477 e. The minimum absolute atomic E-state index is 0.0254. The Morgan fingerprint density at radius 2 is 1.90 bits per heavy atom. The van der Waals surface area contributed by atoms with E-state index in [4.69, 9.17) is 0 Å². The number of carbonyl (C=O) groups is 3. The second-order valence-electron chi connectivity index (χ2n) is 6.91. The molecule has 1 unspecified atom stereocenters. The van der Waals surface area contributed by atoms with Gasteiger partial charge in [-0.3, -0.25) is 19.5 Å². The van der Waals surface area contributed by atoms with E-state index in [1.54, 1.807) is 24.5 Å². The number of thioether (sulfide) groups is 1. The van der Waals surface area contributed by atoms with E-state index in [0.717, 1.165) is 11.1 Å². The lowest BCUT2D eigenvalue weighted by Crippen LogP contribution is -2.70. The zero-order chi connectivity index (χ0) is 21.1. The van der Waals surface area contributed by atoms with Crippen LogP contribution in [0.4, 0.5) is 0 Å². The molecule has 2 atom stereocenters. The molecular formula is C22H19N3O4S. The molecule has 2 aliphatic rings. The maximum Gasteiger partial charge on any atom is 0.352 e. The van der Waals surface area contributed by atoms with Crippen LogP contribution in [0.3, 0.4) is 0 Å². The minimum atomic E-state index is -1.16. The van der Waals surface area contributed by atoms with Gasteiger partial charge in [-0.15, -0.1) is 11.8 Å². The number of allylic oxidation sites excluding steroid dienone is 1. The third-order valence-electron chi connectivity index (χ3n) is 4.91. The van der Waals surface area contributed by atoms with Crippen molar-refractivity contribution in [3.05, 3.63) is 83.3 Å². The molecule has 8 heteroatoms. The number of aromatic nitrogens is 1. The number of nitrogens with one attached hydrogen (secondary N) is 1. The van der Waals surface area contributed by atoms with Crippen LogP contribution < -0.4 is 5.32 Å². The quantitative estimate of drug-likeness (QED) is 0.693. The molecule has 2 aliphatic heterocycles. The van der Waals surface area contributed by atoms with E-state index in [2.05, 4.69) is 10.3 Å². The first-order chi connectivity index (χ1) is 14.5. The van der Waals surface area contributed by atoms with E-state index in [9.17, 15) is 19.5 Å². The molecule has 3 heterocycles. The predicted molar refractivity (Wildman–Crippen MR) is 113 cm³/mol. The molecule has 1 saturated heterocycles. The van der Waals surface area contributed by atoms with E-state index in [1.165, 1.54) is 16.7 Å². The van der Waals surface area contributed by atoms with Crippen LogP contribution in [0.5, 0.6) is 0 Å². The summed E-state index contributed by atoms with van der Waals surface area (Å²) >= 11 is 1.44. The SMILES string of the molecule is O=C(Cc1ccccc1)NC1C(=O)N2C(C(=O)O)=C(C=Cc3ccncc3)CS[C@@H]12. The smallest absolute Gasteiger partial charge is 0.352 e. The summed E-state index contributed by atoms with van der Waals surface area (Å²) in [5.74, 6) is -1.38. The van der Waals surface area contributed by atoms with Crippen LogP contribution in [-0.2, 0) is 20.8 Å². The molecule has 2 amide bonds. The Morgan fingerprint density at radius 1 is 1.17 bits per heavy atom. The highest BCUT2D eigenvalue weighted by atomic mass is 32.2. The zero-order valence-electron chi connectivity index (χ0n) is 15.9. The monoisotopic (exact) mass is 421 g/mol. The van der Waals surface area contributed by atoms with Gasteiger partial charge in [-0.05, 0) is 28.8 Å². The average Bonchev–Trinajstić information content (AvgIpc) is 2.76. The highest BCUT2D eigenvalue weighted by molar-refractivity contribution is 8.00. The zero-order valence-corrected chi connectivity index (χ0v) is 16.7. The van der Waals surface area contributed by atoms with Crippen molar-refractivity contribution in [2.75, 3.05) is 5.75 Å². The summed E-state index contributed by atoms with van der Waals surface area (Å²) in [5.41, 5.74) is 2.27. The van der Waals surface area contributed by atoms with Gasteiger partial charge in [-0.25, -0.2) is 4.79 Å². The molecule has 0 bridgehead atoms. The molecule has 0 saturated carbocycles. The molecule has 152 valence electrons. The van der Waals surface area contributed by atoms with Crippen molar-refractivity contribution in [3.63, 3.8) is 0 Å². The number of carboxylic acid groups (broad SMARTS) is 1. The number of hydrogen-bond acceptors (Lipinski definition) is 5. The number of aliphatic carboxylic acids is 1. The van der Waals surface area contributed by atoms with Crippen LogP contribution >= 0.6 is 11.8 Å². The Bertz CT molecular complexity index is 1040. The van der Waals surface area contributed by atoms with Gasteiger partial charge >= 0.3 is 5.97 Å². The van der Waals surface area contributed by atoms with Crippen molar-refractivity contribution in [1.82, 2.24) is 15.2 Å². The number of fused-ring (bicyclic) bond motifs is 1. The van der Waals surface area contributed by atoms with Crippen molar-refractivity contribution in [1.29, 1.82) is 0 Å². The third kappa shape index (κ3) is 3.99. The van der Waals surface area contributed by atoms with Crippen LogP contribution in [0.15, 0.2) is 72.2 Å². The van der Waals surface area contributed by atoms with Gasteiger partial charge in [0.15, 0.2) is 0 Å². The third-order valence-corrected chi connectivity index (χ3v) is 6.21. The number of carbonyl (C=O) groups excluding carboxylic acids is 2. The highest BCUT2D eigenvalue weighted by Gasteiger charge is 2.53. The summed E-state index contributed by atoms with van der Waals surface area (Å²) in [4.78, 5) is 42.1. The van der Waals surface area contributed by atoms with Crippen molar-refractivity contribution < 1.29 is 19.5 Å². The van der Waals surface area contributed by atoms with Gasteiger partial charge in [0.1, 0.15) is 17.1 Å². The second kappa shape index (κ2) is 8.54. The fourth-order valence-electron chi connectivity index (χ4n) is 3.45. The maximum atomic E-state index is 12.7. The van der Waals surface area contributed by atoms with Crippen LogP contribution in [-0.4, -0.2) is 49.9 Å². The van der Waals surface area contributed by atoms with Gasteiger partial charge in [0, 0.05) is 18.1 Å². The molecular weight excluding hydrogens is 402 g/mol. The molecule has 2 aromatic rings. The van der Waals surface area contributed by atoms with Crippen LogP contribution in [0.25, 0.3) is 6.08 Å². The summed E-state index contributed by atoms with van der Waals surface area (Å²) in [7, 11) is 0. The van der Waals surface area contributed by atoms with Crippen LogP contribution in [0.1, 0.15) is 11.1 Å². The van der Waals surface area contributed by atoms with Crippen molar-refractivity contribution >= 4 is 35.6 Å². The number of amides is 2. The molecule has 0 aliphatic carbocycles. The topological polar surface area (TPSA) is 99.6 Å². The minimum Gasteiger partial charge on any atom is -0.477 e. The van der Waals surface area contributed by atoms with Crippen molar-refractivity contribution in [2.24, 2.45) is 0 Å². The predicted octanol–water partition coefficient (Wildman–Crippen LogP) is 2.08. The first kappa shape index (κ1) is 19.9. The molecule has 1 aromatic heterocycles. The molecule has 2 N–H and O–H groups in total. The van der Waals surface area contributed by atoms with Gasteiger partial charge < -0.3 is 10.4 Å². The number of hydrogen-bond donors (Lipinski definition) is 2. The average molecular weight is 421 g/mol. The number of benzene rings is 1. The summed E-state index contributed by atoms with van der Waals surface area (Å²) in [6.45, 7) is 0.